The third kappa shape index (κ3) is 4.72. The van der Waals surface area contributed by atoms with Crippen LogP contribution in [-0.4, -0.2) is 42.7 Å². The average molecular weight is 387 g/mol. The van der Waals surface area contributed by atoms with Crippen LogP contribution < -0.4 is 10.1 Å². The fraction of sp³-hybridized carbons (Fsp3) is 0.263. The molecular weight excluding hydrogens is 366 g/mol. The summed E-state index contributed by atoms with van der Waals surface area (Å²) in [7, 11) is -3.69. The molecule has 142 valence electrons. The number of hydrogen-bond acceptors (Lipinski definition) is 5. The summed E-state index contributed by atoms with van der Waals surface area (Å²) in [6.07, 6.45) is 3.88. The van der Waals surface area contributed by atoms with E-state index in [-0.39, 0.29) is 23.4 Å². The second kappa shape index (κ2) is 8.32. The monoisotopic (exact) mass is 387 g/mol. The summed E-state index contributed by atoms with van der Waals surface area (Å²) in [5, 5.41) is 2.76. The Labute approximate surface area is 158 Å². The van der Waals surface area contributed by atoms with Gasteiger partial charge in [-0.25, -0.2) is 13.4 Å². The van der Waals surface area contributed by atoms with Gasteiger partial charge in [0.2, 0.25) is 21.8 Å². The van der Waals surface area contributed by atoms with E-state index in [0.29, 0.717) is 24.6 Å². The molecule has 1 aliphatic rings. The Hall–Kier alpha value is -2.71. The SMILES string of the molecule is C=CC(=O)N[C@H]1CCCN(S(=O)(=O)c2ccc(Oc3ccccc3)nc2)C1. The standard InChI is InChI=1S/C19H21N3O4S/c1-2-18(23)21-15-7-6-12-22(14-15)27(24,25)17-10-11-19(20-13-17)26-16-8-4-3-5-9-16/h2-5,8-11,13,15H,1,6-7,12,14H2,(H,21,23)/t15-/m0/s1. The third-order valence-corrected chi connectivity index (χ3v) is 6.08. The molecule has 1 aromatic heterocycles. The lowest BCUT2D eigenvalue weighted by Crippen LogP contribution is -2.49. The van der Waals surface area contributed by atoms with Crippen molar-refractivity contribution in [3.63, 3.8) is 0 Å². The largest absolute Gasteiger partial charge is 0.439 e. The Bertz CT molecular complexity index is 898. The molecule has 0 bridgehead atoms. The molecular formula is C19H21N3O4S. The molecule has 8 heteroatoms. The summed E-state index contributed by atoms with van der Waals surface area (Å²) in [6, 6.07) is 11.9. The smallest absolute Gasteiger partial charge is 0.244 e. The van der Waals surface area contributed by atoms with Gasteiger partial charge < -0.3 is 10.1 Å². The van der Waals surface area contributed by atoms with E-state index in [4.69, 9.17) is 4.74 Å². The lowest BCUT2D eigenvalue weighted by atomic mass is 10.1. The number of ether oxygens (including phenoxy) is 1. The second-order valence-corrected chi connectivity index (χ2v) is 8.10. The van der Waals surface area contributed by atoms with Gasteiger partial charge in [0, 0.05) is 25.2 Å². The molecule has 0 aliphatic carbocycles. The first kappa shape index (κ1) is 19.1. The highest BCUT2D eigenvalue weighted by molar-refractivity contribution is 7.89. The van der Waals surface area contributed by atoms with Gasteiger partial charge in [0.15, 0.2) is 0 Å². The van der Waals surface area contributed by atoms with E-state index >= 15 is 0 Å². The number of carbonyl (C=O) groups excluding carboxylic acids is 1. The summed E-state index contributed by atoms with van der Waals surface area (Å²) in [4.78, 5) is 15.7. The highest BCUT2D eigenvalue weighted by Gasteiger charge is 2.31. The van der Waals surface area contributed by atoms with E-state index < -0.39 is 10.0 Å². The zero-order valence-electron chi connectivity index (χ0n) is 14.7. The van der Waals surface area contributed by atoms with Gasteiger partial charge in [-0.2, -0.15) is 4.31 Å². The molecule has 1 fully saturated rings. The van der Waals surface area contributed by atoms with Crippen molar-refractivity contribution in [1.29, 1.82) is 0 Å². The van der Waals surface area contributed by atoms with Gasteiger partial charge in [0.25, 0.3) is 0 Å². The van der Waals surface area contributed by atoms with Crippen LogP contribution in [-0.2, 0) is 14.8 Å². The van der Waals surface area contributed by atoms with E-state index in [2.05, 4.69) is 16.9 Å². The van der Waals surface area contributed by atoms with Crippen molar-refractivity contribution in [2.45, 2.75) is 23.8 Å². The van der Waals surface area contributed by atoms with Crippen molar-refractivity contribution in [2.24, 2.45) is 0 Å². The molecule has 1 aromatic carbocycles. The lowest BCUT2D eigenvalue weighted by molar-refractivity contribution is -0.117. The van der Waals surface area contributed by atoms with Gasteiger partial charge in [-0.1, -0.05) is 24.8 Å². The topological polar surface area (TPSA) is 88.6 Å². The molecule has 2 heterocycles. The number of rotatable bonds is 6. The predicted molar refractivity (Wildman–Crippen MR) is 101 cm³/mol. The highest BCUT2D eigenvalue weighted by Crippen LogP contribution is 2.23. The second-order valence-electron chi connectivity index (χ2n) is 6.16. The number of aromatic nitrogens is 1. The molecule has 0 spiro atoms. The molecule has 1 amide bonds. The van der Waals surface area contributed by atoms with Crippen LogP contribution in [0.4, 0.5) is 0 Å². The number of sulfonamides is 1. The van der Waals surface area contributed by atoms with Gasteiger partial charge in [0.05, 0.1) is 6.20 Å². The first-order valence-electron chi connectivity index (χ1n) is 8.61. The number of para-hydroxylation sites is 1. The molecule has 0 unspecified atom stereocenters. The first-order chi connectivity index (χ1) is 13.0. The summed E-state index contributed by atoms with van der Waals surface area (Å²) in [5.41, 5.74) is 0. The van der Waals surface area contributed by atoms with Crippen LogP contribution in [0.2, 0.25) is 0 Å². The normalized spacial score (nSPS) is 17.9. The molecule has 1 aliphatic heterocycles. The molecule has 27 heavy (non-hydrogen) atoms. The number of hydrogen-bond donors (Lipinski definition) is 1. The molecule has 0 saturated carbocycles. The molecule has 2 aromatic rings. The quantitative estimate of drug-likeness (QED) is 0.769. The minimum Gasteiger partial charge on any atom is -0.439 e. The molecule has 1 N–H and O–H groups in total. The summed E-state index contributed by atoms with van der Waals surface area (Å²) in [6.45, 7) is 4.05. The van der Waals surface area contributed by atoms with E-state index in [0.717, 1.165) is 6.42 Å². The predicted octanol–water partition coefficient (Wildman–Crippen LogP) is 2.33. The zero-order chi connectivity index (χ0) is 19.3. The molecule has 3 rings (SSSR count). The maximum absolute atomic E-state index is 12.9. The molecule has 0 radical (unpaired) electrons. The average Bonchev–Trinajstić information content (AvgIpc) is 2.69. The van der Waals surface area contributed by atoms with Crippen LogP contribution in [0, 0.1) is 0 Å². The summed E-state index contributed by atoms with van der Waals surface area (Å²) in [5.74, 6) is 0.635. The van der Waals surface area contributed by atoms with Gasteiger partial charge >= 0.3 is 0 Å². The van der Waals surface area contributed by atoms with Gasteiger partial charge in [-0.15, -0.1) is 0 Å². The van der Waals surface area contributed by atoms with Crippen LogP contribution in [0.25, 0.3) is 0 Å². The van der Waals surface area contributed by atoms with Crippen LogP contribution >= 0.6 is 0 Å². The molecule has 7 nitrogen and oxygen atoms in total. The minimum atomic E-state index is -3.69. The number of piperidine rings is 1. The Morgan fingerprint density at radius 2 is 2.04 bits per heavy atom. The Kier molecular flexibility index (Phi) is 5.88. The van der Waals surface area contributed by atoms with E-state index in [1.807, 2.05) is 18.2 Å². The number of pyridine rings is 1. The Balaban J connectivity index is 1.70. The van der Waals surface area contributed by atoms with Crippen molar-refractivity contribution in [3.05, 3.63) is 61.3 Å². The zero-order valence-corrected chi connectivity index (χ0v) is 15.6. The van der Waals surface area contributed by atoms with Crippen LogP contribution in [0.3, 0.4) is 0 Å². The number of amides is 1. The maximum atomic E-state index is 12.9. The summed E-state index contributed by atoms with van der Waals surface area (Å²) < 4.78 is 32.7. The first-order valence-corrected chi connectivity index (χ1v) is 10.0. The number of carbonyl (C=O) groups is 1. The summed E-state index contributed by atoms with van der Waals surface area (Å²) >= 11 is 0. The number of nitrogens with one attached hydrogen (secondary N) is 1. The molecule has 1 atom stereocenters. The lowest BCUT2D eigenvalue weighted by Gasteiger charge is -2.32. The Morgan fingerprint density at radius 3 is 2.70 bits per heavy atom. The maximum Gasteiger partial charge on any atom is 0.244 e. The van der Waals surface area contributed by atoms with E-state index in [1.54, 1.807) is 12.1 Å². The van der Waals surface area contributed by atoms with Crippen molar-refractivity contribution < 1.29 is 17.9 Å². The number of nitrogens with zero attached hydrogens (tertiary/aromatic N) is 2. The van der Waals surface area contributed by atoms with E-state index in [1.165, 1.54) is 28.7 Å². The fourth-order valence-electron chi connectivity index (χ4n) is 2.88. The molecule has 1 saturated heterocycles. The van der Waals surface area contributed by atoms with Crippen molar-refractivity contribution in [1.82, 2.24) is 14.6 Å². The van der Waals surface area contributed by atoms with Gasteiger partial charge in [-0.3, -0.25) is 4.79 Å². The van der Waals surface area contributed by atoms with Crippen molar-refractivity contribution >= 4 is 15.9 Å². The van der Waals surface area contributed by atoms with Crippen LogP contribution in [0.1, 0.15) is 12.8 Å². The number of benzene rings is 1. The highest BCUT2D eigenvalue weighted by atomic mass is 32.2. The van der Waals surface area contributed by atoms with Crippen LogP contribution in [0.5, 0.6) is 11.6 Å². The van der Waals surface area contributed by atoms with Gasteiger partial charge in [0.1, 0.15) is 10.6 Å². The van der Waals surface area contributed by atoms with Crippen molar-refractivity contribution in [3.8, 4) is 11.6 Å². The third-order valence-electron chi connectivity index (χ3n) is 4.23. The van der Waals surface area contributed by atoms with E-state index in [9.17, 15) is 13.2 Å². The van der Waals surface area contributed by atoms with Crippen molar-refractivity contribution in [2.75, 3.05) is 13.1 Å². The fourth-order valence-corrected chi connectivity index (χ4v) is 4.35. The van der Waals surface area contributed by atoms with Gasteiger partial charge in [-0.05, 0) is 37.1 Å². The minimum absolute atomic E-state index is 0.0959. The Morgan fingerprint density at radius 1 is 1.26 bits per heavy atom. The van der Waals surface area contributed by atoms with Crippen LogP contribution in [0.15, 0.2) is 66.2 Å².